The summed E-state index contributed by atoms with van der Waals surface area (Å²) in [7, 11) is 0. The van der Waals surface area contributed by atoms with E-state index in [4.69, 9.17) is 4.74 Å². The van der Waals surface area contributed by atoms with Crippen molar-refractivity contribution in [3.05, 3.63) is 53.6 Å². The van der Waals surface area contributed by atoms with Crippen molar-refractivity contribution in [2.75, 3.05) is 5.32 Å². The van der Waals surface area contributed by atoms with Crippen LogP contribution in [-0.4, -0.2) is 33.0 Å². The van der Waals surface area contributed by atoms with E-state index in [0.717, 1.165) is 17.6 Å². The summed E-state index contributed by atoms with van der Waals surface area (Å²) in [6, 6.07) is 9.18. The molecule has 3 rings (SSSR count). The number of para-hydroxylation sites is 1. The summed E-state index contributed by atoms with van der Waals surface area (Å²) < 4.78 is 45.9. The van der Waals surface area contributed by atoms with E-state index in [0.29, 0.717) is 12.1 Å². The van der Waals surface area contributed by atoms with Crippen LogP contribution in [0.4, 0.5) is 18.9 Å². The molecule has 2 aromatic carbocycles. The first kappa shape index (κ1) is 20.3. The molecule has 0 bridgehead atoms. The number of fused-ring (bicyclic) bond motifs is 1. The standard InChI is InChI=1S/C19H17F3N4O3/c1-3-26-16-9-8-12(10-15(16)24-25-26)18(28)29-11(2)17(27)23-14-7-5-4-6-13(14)19(20,21)22/h4-11H,3H2,1-2H3,(H,23,27)/t11-/m0/s1. The van der Waals surface area contributed by atoms with Gasteiger partial charge in [-0.05, 0) is 44.2 Å². The first-order valence-electron chi connectivity index (χ1n) is 8.72. The Bertz CT molecular complexity index is 1060. The molecule has 1 aromatic heterocycles. The van der Waals surface area contributed by atoms with Gasteiger partial charge in [0.1, 0.15) is 5.52 Å². The molecule has 29 heavy (non-hydrogen) atoms. The second-order valence-corrected chi connectivity index (χ2v) is 6.19. The minimum atomic E-state index is -4.63. The summed E-state index contributed by atoms with van der Waals surface area (Å²) in [4.78, 5) is 24.6. The molecule has 0 radical (unpaired) electrons. The Hall–Kier alpha value is -3.43. The van der Waals surface area contributed by atoms with Crippen LogP contribution in [0.3, 0.4) is 0 Å². The number of carbonyl (C=O) groups is 2. The van der Waals surface area contributed by atoms with E-state index < -0.39 is 35.4 Å². The summed E-state index contributed by atoms with van der Waals surface area (Å²) in [5, 5.41) is 10.0. The van der Waals surface area contributed by atoms with Crippen LogP contribution in [0.1, 0.15) is 29.8 Å². The van der Waals surface area contributed by atoms with Gasteiger partial charge in [0.25, 0.3) is 5.91 Å². The molecule has 0 spiro atoms. The molecule has 10 heteroatoms. The maximum absolute atomic E-state index is 13.0. The average molecular weight is 406 g/mol. The highest BCUT2D eigenvalue weighted by Gasteiger charge is 2.34. The molecule has 7 nitrogen and oxygen atoms in total. The van der Waals surface area contributed by atoms with E-state index in [1.54, 1.807) is 10.7 Å². The molecule has 0 saturated carbocycles. The number of rotatable bonds is 5. The van der Waals surface area contributed by atoms with Gasteiger partial charge in [0.15, 0.2) is 6.10 Å². The number of nitrogens with one attached hydrogen (secondary N) is 1. The van der Waals surface area contributed by atoms with Crippen LogP contribution in [0.2, 0.25) is 0 Å². The van der Waals surface area contributed by atoms with Gasteiger partial charge in [0, 0.05) is 6.54 Å². The third-order valence-electron chi connectivity index (χ3n) is 4.19. The number of amides is 1. The number of hydrogen-bond acceptors (Lipinski definition) is 5. The summed E-state index contributed by atoms with van der Waals surface area (Å²) in [5.41, 5.74) is -0.0334. The van der Waals surface area contributed by atoms with Crippen molar-refractivity contribution in [1.82, 2.24) is 15.0 Å². The molecular formula is C19H17F3N4O3. The van der Waals surface area contributed by atoms with Gasteiger partial charge in [-0.3, -0.25) is 4.79 Å². The fourth-order valence-corrected chi connectivity index (χ4v) is 2.69. The molecule has 3 aromatic rings. The van der Waals surface area contributed by atoms with Crippen LogP contribution in [-0.2, 0) is 22.3 Å². The number of alkyl halides is 3. The van der Waals surface area contributed by atoms with Gasteiger partial charge < -0.3 is 10.1 Å². The normalized spacial score (nSPS) is 12.6. The minimum absolute atomic E-state index is 0.149. The van der Waals surface area contributed by atoms with Crippen LogP contribution in [0.15, 0.2) is 42.5 Å². The van der Waals surface area contributed by atoms with Crippen molar-refractivity contribution >= 4 is 28.6 Å². The van der Waals surface area contributed by atoms with Crippen molar-refractivity contribution in [1.29, 1.82) is 0 Å². The Morgan fingerprint density at radius 3 is 2.62 bits per heavy atom. The van der Waals surface area contributed by atoms with E-state index in [1.807, 2.05) is 6.92 Å². The summed E-state index contributed by atoms with van der Waals surface area (Å²) >= 11 is 0. The van der Waals surface area contributed by atoms with Crippen LogP contribution in [0, 0.1) is 0 Å². The number of carbonyl (C=O) groups excluding carboxylic acids is 2. The second kappa shape index (κ2) is 7.90. The van der Waals surface area contributed by atoms with Gasteiger partial charge in [-0.1, -0.05) is 17.3 Å². The lowest BCUT2D eigenvalue weighted by atomic mass is 10.1. The van der Waals surface area contributed by atoms with Gasteiger partial charge in [-0.25, -0.2) is 9.48 Å². The topological polar surface area (TPSA) is 86.1 Å². The molecule has 0 aliphatic rings. The SMILES string of the molecule is CCn1nnc2cc(C(=O)O[C@@H](C)C(=O)Nc3ccccc3C(F)(F)F)ccc21. The maximum Gasteiger partial charge on any atom is 0.418 e. The molecule has 152 valence electrons. The Morgan fingerprint density at radius 1 is 1.21 bits per heavy atom. The molecule has 0 fully saturated rings. The largest absolute Gasteiger partial charge is 0.449 e. The average Bonchev–Trinajstić information content (AvgIpc) is 3.09. The highest BCUT2D eigenvalue weighted by molar-refractivity contribution is 5.98. The van der Waals surface area contributed by atoms with Gasteiger partial charge in [0.05, 0.1) is 22.3 Å². The monoisotopic (exact) mass is 406 g/mol. The van der Waals surface area contributed by atoms with Crippen LogP contribution < -0.4 is 5.32 Å². The van der Waals surface area contributed by atoms with E-state index in [-0.39, 0.29) is 5.56 Å². The number of halogens is 3. The van der Waals surface area contributed by atoms with Crippen molar-refractivity contribution < 1.29 is 27.5 Å². The first-order valence-corrected chi connectivity index (χ1v) is 8.72. The number of esters is 1. The maximum atomic E-state index is 13.0. The van der Waals surface area contributed by atoms with Crippen molar-refractivity contribution in [3.8, 4) is 0 Å². The zero-order valence-corrected chi connectivity index (χ0v) is 15.5. The van der Waals surface area contributed by atoms with Crippen LogP contribution in [0.25, 0.3) is 11.0 Å². The number of anilines is 1. The minimum Gasteiger partial charge on any atom is -0.449 e. The zero-order chi connectivity index (χ0) is 21.2. The predicted octanol–water partition coefficient (Wildman–Crippen LogP) is 3.65. The highest BCUT2D eigenvalue weighted by Crippen LogP contribution is 2.34. The molecule has 1 N–H and O–H groups in total. The predicted molar refractivity (Wildman–Crippen MR) is 98.2 cm³/mol. The third-order valence-corrected chi connectivity index (χ3v) is 4.19. The fourth-order valence-electron chi connectivity index (χ4n) is 2.69. The molecule has 0 unspecified atom stereocenters. The molecule has 1 heterocycles. The number of ether oxygens (including phenoxy) is 1. The molecular weight excluding hydrogens is 389 g/mol. The number of hydrogen-bond donors (Lipinski definition) is 1. The fraction of sp³-hybridized carbons (Fsp3) is 0.263. The number of aryl methyl sites for hydroxylation is 1. The Kier molecular flexibility index (Phi) is 5.53. The smallest absolute Gasteiger partial charge is 0.418 e. The number of aromatic nitrogens is 3. The van der Waals surface area contributed by atoms with Gasteiger partial charge >= 0.3 is 12.1 Å². The van der Waals surface area contributed by atoms with E-state index in [9.17, 15) is 22.8 Å². The van der Waals surface area contributed by atoms with E-state index >= 15 is 0 Å². The summed E-state index contributed by atoms with van der Waals surface area (Å²) in [5.74, 6) is -1.68. The number of nitrogens with zero attached hydrogens (tertiary/aromatic N) is 3. The quantitative estimate of drug-likeness (QED) is 0.654. The highest BCUT2D eigenvalue weighted by atomic mass is 19.4. The molecule has 0 aliphatic heterocycles. The zero-order valence-electron chi connectivity index (χ0n) is 15.5. The molecule has 0 saturated heterocycles. The third kappa shape index (κ3) is 4.36. The van der Waals surface area contributed by atoms with Gasteiger partial charge in [-0.15, -0.1) is 5.10 Å². The summed E-state index contributed by atoms with van der Waals surface area (Å²) in [6.45, 7) is 3.78. The lowest BCUT2D eigenvalue weighted by Crippen LogP contribution is -2.30. The van der Waals surface area contributed by atoms with Crippen molar-refractivity contribution in [2.45, 2.75) is 32.7 Å². The molecule has 0 aliphatic carbocycles. The Labute approximate surface area is 163 Å². The second-order valence-electron chi connectivity index (χ2n) is 6.19. The van der Waals surface area contributed by atoms with Crippen LogP contribution >= 0.6 is 0 Å². The van der Waals surface area contributed by atoms with Gasteiger partial charge in [0.2, 0.25) is 0 Å². The summed E-state index contributed by atoms with van der Waals surface area (Å²) in [6.07, 6.45) is -5.94. The molecule has 1 amide bonds. The Morgan fingerprint density at radius 2 is 1.93 bits per heavy atom. The van der Waals surface area contributed by atoms with Crippen LogP contribution in [0.5, 0.6) is 0 Å². The lowest BCUT2D eigenvalue weighted by molar-refractivity contribution is -0.137. The van der Waals surface area contributed by atoms with Crippen molar-refractivity contribution in [2.24, 2.45) is 0 Å². The van der Waals surface area contributed by atoms with E-state index in [1.165, 1.54) is 31.2 Å². The lowest BCUT2D eigenvalue weighted by Gasteiger charge is -2.16. The van der Waals surface area contributed by atoms with Gasteiger partial charge in [-0.2, -0.15) is 13.2 Å². The number of benzene rings is 2. The molecule has 1 atom stereocenters. The Balaban J connectivity index is 1.71. The first-order chi connectivity index (χ1) is 13.7. The van der Waals surface area contributed by atoms with E-state index in [2.05, 4.69) is 15.6 Å². The van der Waals surface area contributed by atoms with Crippen molar-refractivity contribution in [3.63, 3.8) is 0 Å².